The number of rotatable bonds is 10. The summed E-state index contributed by atoms with van der Waals surface area (Å²) in [4.78, 5) is 6.88. The maximum Gasteiger partial charge on any atom is 0.193 e. The molecule has 0 atom stereocenters. The van der Waals surface area contributed by atoms with Gasteiger partial charge in [-0.1, -0.05) is 12.1 Å². The van der Waals surface area contributed by atoms with E-state index in [1.54, 1.807) is 7.11 Å². The second-order valence-electron chi connectivity index (χ2n) is 6.92. The molecule has 1 fully saturated rings. The SMILES string of the molecule is CCNC(=NCCCOCC1CCOCC1)N(C)Cc1ccc(OC)cc1.I. The lowest BCUT2D eigenvalue weighted by Gasteiger charge is -2.22. The van der Waals surface area contributed by atoms with E-state index in [-0.39, 0.29) is 24.0 Å². The van der Waals surface area contributed by atoms with Crippen LogP contribution in [0.4, 0.5) is 0 Å². The van der Waals surface area contributed by atoms with Crippen LogP contribution in [0.2, 0.25) is 0 Å². The molecule has 1 aromatic carbocycles. The average Bonchev–Trinajstić information content (AvgIpc) is 2.71. The van der Waals surface area contributed by atoms with Crippen molar-refractivity contribution in [3.63, 3.8) is 0 Å². The molecule has 0 aliphatic carbocycles. The van der Waals surface area contributed by atoms with Crippen LogP contribution in [0.3, 0.4) is 0 Å². The van der Waals surface area contributed by atoms with Gasteiger partial charge in [0.25, 0.3) is 0 Å². The number of halogens is 1. The minimum absolute atomic E-state index is 0. The topological polar surface area (TPSA) is 55.3 Å². The molecule has 1 aliphatic rings. The molecule has 1 heterocycles. The van der Waals surface area contributed by atoms with Gasteiger partial charge in [-0.2, -0.15) is 0 Å². The standard InChI is InChI=1S/C21H35N3O3.HI/c1-4-22-21(24(2)16-18-6-8-20(25-3)9-7-18)23-12-5-13-27-17-19-10-14-26-15-11-19;/h6-9,19H,4-5,10-17H2,1-3H3,(H,22,23);1H. The van der Waals surface area contributed by atoms with Crippen LogP contribution in [-0.4, -0.2) is 64.5 Å². The van der Waals surface area contributed by atoms with Crippen LogP contribution in [0.1, 0.15) is 31.7 Å². The Kier molecular flexibility index (Phi) is 13.3. The second-order valence-corrected chi connectivity index (χ2v) is 6.92. The third-order valence-corrected chi connectivity index (χ3v) is 4.68. The molecule has 1 aromatic rings. The van der Waals surface area contributed by atoms with Gasteiger partial charge in [0, 0.05) is 53.1 Å². The molecule has 0 spiro atoms. The second kappa shape index (κ2) is 14.9. The van der Waals surface area contributed by atoms with Gasteiger partial charge in [-0.25, -0.2) is 0 Å². The number of nitrogens with zero attached hydrogens (tertiary/aromatic N) is 2. The van der Waals surface area contributed by atoms with E-state index in [1.807, 2.05) is 12.1 Å². The molecule has 1 saturated heterocycles. The first kappa shape index (κ1) is 25.0. The van der Waals surface area contributed by atoms with Crippen LogP contribution in [0, 0.1) is 5.92 Å². The van der Waals surface area contributed by atoms with Crippen LogP contribution in [-0.2, 0) is 16.0 Å². The molecule has 6 nitrogen and oxygen atoms in total. The number of guanidine groups is 1. The predicted octanol–water partition coefficient (Wildman–Crippen LogP) is 3.54. The van der Waals surface area contributed by atoms with E-state index in [4.69, 9.17) is 19.2 Å². The molecule has 1 N–H and O–H groups in total. The Morgan fingerprint density at radius 2 is 1.96 bits per heavy atom. The van der Waals surface area contributed by atoms with Crippen LogP contribution >= 0.6 is 24.0 Å². The molecule has 0 amide bonds. The summed E-state index contributed by atoms with van der Waals surface area (Å²) >= 11 is 0. The molecule has 160 valence electrons. The van der Waals surface area contributed by atoms with Gasteiger partial charge in [-0.15, -0.1) is 24.0 Å². The van der Waals surface area contributed by atoms with Crippen molar-refractivity contribution in [3.05, 3.63) is 29.8 Å². The quantitative estimate of drug-likeness (QED) is 0.228. The zero-order valence-electron chi connectivity index (χ0n) is 17.5. The van der Waals surface area contributed by atoms with Gasteiger partial charge in [0.1, 0.15) is 5.75 Å². The molecule has 0 saturated carbocycles. The maximum absolute atomic E-state index is 5.82. The first-order valence-electron chi connectivity index (χ1n) is 10.0. The molecule has 0 radical (unpaired) electrons. The first-order valence-corrected chi connectivity index (χ1v) is 10.0. The highest BCUT2D eigenvalue weighted by Gasteiger charge is 2.13. The van der Waals surface area contributed by atoms with Crippen LogP contribution < -0.4 is 10.1 Å². The molecule has 1 aliphatic heterocycles. The Morgan fingerprint density at radius 1 is 1.25 bits per heavy atom. The van der Waals surface area contributed by atoms with Gasteiger partial charge in [-0.3, -0.25) is 4.99 Å². The molecule has 28 heavy (non-hydrogen) atoms. The monoisotopic (exact) mass is 505 g/mol. The third kappa shape index (κ3) is 9.43. The molecular formula is C21H36IN3O3. The number of nitrogens with one attached hydrogen (secondary N) is 1. The highest BCUT2D eigenvalue weighted by molar-refractivity contribution is 14.0. The fraction of sp³-hybridized carbons (Fsp3) is 0.667. The summed E-state index contributed by atoms with van der Waals surface area (Å²) in [6.07, 6.45) is 3.19. The number of benzene rings is 1. The summed E-state index contributed by atoms with van der Waals surface area (Å²) in [5.41, 5.74) is 1.23. The summed E-state index contributed by atoms with van der Waals surface area (Å²) in [7, 11) is 3.75. The first-order chi connectivity index (χ1) is 13.2. The normalized spacial score (nSPS) is 15.0. The number of hydrogen-bond acceptors (Lipinski definition) is 4. The van der Waals surface area contributed by atoms with Gasteiger partial charge < -0.3 is 24.4 Å². The van der Waals surface area contributed by atoms with E-state index < -0.39 is 0 Å². The number of methoxy groups -OCH3 is 1. The summed E-state index contributed by atoms with van der Waals surface area (Å²) in [6, 6.07) is 8.15. The van der Waals surface area contributed by atoms with Gasteiger partial charge in [-0.05, 0) is 49.8 Å². The van der Waals surface area contributed by atoms with Crippen LogP contribution in [0.15, 0.2) is 29.3 Å². The van der Waals surface area contributed by atoms with E-state index >= 15 is 0 Å². The molecular weight excluding hydrogens is 469 g/mol. The van der Waals surface area contributed by atoms with E-state index in [2.05, 4.69) is 36.3 Å². The minimum atomic E-state index is 0. The Bertz CT molecular complexity index is 548. The van der Waals surface area contributed by atoms with E-state index in [1.165, 1.54) is 5.56 Å². The summed E-state index contributed by atoms with van der Waals surface area (Å²) in [5, 5.41) is 3.36. The largest absolute Gasteiger partial charge is 0.497 e. The van der Waals surface area contributed by atoms with Crippen molar-refractivity contribution >= 4 is 29.9 Å². The third-order valence-electron chi connectivity index (χ3n) is 4.68. The molecule has 0 unspecified atom stereocenters. The fourth-order valence-electron chi connectivity index (χ4n) is 3.06. The number of hydrogen-bond donors (Lipinski definition) is 1. The molecule has 0 aromatic heterocycles. The van der Waals surface area contributed by atoms with Gasteiger partial charge >= 0.3 is 0 Å². The van der Waals surface area contributed by atoms with E-state index in [0.717, 1.165) is 77.0 Å². The van der Waals surface area contributed by atoms with Gasteiger partial charge in [0.15, 0.2) is 5.96 Å². The maximum atomic E-state index is 5.82. The van der Waals surface area contributed by atoms with E-state index in [0.29, 0.717) is 5.92 Å². The zero-order valence-corrected chi connectivity index (χ0v) is 19.8. The van der Waals surface area contributed by atoms with Crippen molar-refractivity contribution in [1.29, 1.82) is 0 Å². The summed E-state index contributed by atoms with van der Waals surface area (Å²) in [6.45, 7) is 7.89. The Morgan fingerprint density at radius 3 is 2.61 bits per heavy atom. The zero-order chi connectivity index (χ0) is 19.3. The van der Waals surface area contributed by atoms with Crippen molar-refractivity contribution in [3.8, 4) is 5.75 Å². The van der Waals surface area contributed by atoms with Crippen LogP contribution in [0.5, 0.6) is 5.75 Å². The molecule has 7 heteroatoms. The van der Waals surface area contributed by atoms with Crippen molar-refractivity contribution in [2.75, 3.05) is 53.7 Å². The number of aliphatic imine (C=N–C) groups is 1. The van der Waals surface area contributed by atoms with Crippen molar-refractivity contribution in [2.24, 2.45) is 10.9 Å². The van der Waals surface area contributed by atoms with Crippen molar-refractivity contribution in [1.82, 2.24) is 10.2 Å². The fourth-order valence-corrected chi connectivity index (χ4v) is 3.06. The molecule has 2 rings (SSSR count). The Balaban J connectivity index is 0.00000392. The lowest BCUT2D eigenvalue weighted by atomic mass is 10.0. The Labute approximate surface area is 187 Å². The summed E-state index contributed by atoms with van der Waals surface area (Å²) < 4.78 is 16.4. The number of ether oxygens (including phenoxy) is 3. The van der Waals surface area contributed by atoms with Crippen molar-refractivity contribution in [2.45, 2.75) is 32.7 Å². The minimum Gasteiger partial charge on any atom is -0.497 e. The highest BCUT2D eigenvalue weighted by Crippen LogP contribution is 2.15. The van der Waals surface area contributed by atoms with Gasteiger partial charge in [0.2, 0.25) is 0 Å². The van der Waals surface area contributed by atoms with E-state index in [9.17, 15) is 0 Å². The van der Waals surface area contributed by atoms with Crippen LogP contribution in [0.25, 0.3) is 0 Å². The summed E-state index contributed by atoms with van der Waals surface area (Å²) in [5.74, 6) is 2.47. The average molecular weight is 505 g/mol. The molecule has 0 bridgehead atoms. The predicted molar refractivity (Wildman–Crippen MR) is 125 cm³/mol. The smallest absolute Gasteiger partial charge is 0.193 e. The lowest BCUT2D eigenvalue weighted by Crippen LogP contribution is -2.38. The Hall–Kier alpha value is -1.06. The highest BCUT2D eigenvalue weighted by atomic mass is 127. The lowest BCUT2D eigenvalue weighted by molar-refractivity contribution is 0.0205. The van der Waals surface area contributed by atoms with Gasteiger partial charge in [0.05, 0.1) is 7.11 Å². The van der Waals surface area contributed by atoms with Crippen molar-refractivity contribution < 1.29 is 14.2 Å².